The minimum absolute atomic E-state index is 0.0876. The number of morpholine rings is 1. The van der Waals surface area contributed by atoms with Crippen molar-refractivity contribution in [1.82, 2.24) is 14.3 Å². The summed E-state index contributed by atoms with van der Waals surface area (Å²) < 4.78 is 7.63. The van der Waals surface area contributed by atoms with Gasteiger partial charge in [0.15, 0.2) is 4.96 Å². The first kappa shape index (κ1) is 13.2. The van der Waals surface area contributed by atoms with Crippen LogP contribution in [0.1, 0.15) is 23.5 Å². The summed E-state index contributed by atoms with van der Waals surface area (Å²) in [5.74, 6) is 0.0876. The maximum absolute atomic E-state index is 12.7. The van der Waals surface area contributed by atoms with E-state index >= 15 is 0 Å². The average Bonchev–Trinajstić information content (AvgIpc) is 3.11. The molecule has 5 nitrogen and oxygen atoms in total. The third-order valence-corrected chi connectivity index (χ3v) is 5.58. The van der Waals surface area contributed by atoms with Gasteiger partial charge in [-0.2, -0.15) is 0 Å². The van der Waals surface area contributed by atoms with Gasteiger partial charge in [-0.1, -0.05) is 0 Å². The number of hydrogen-bond donors (Lipinski definition) is 0. The summed E-state index contributed by atoms with van der Waals surface area (Å²) in [5, 5.41) is 2.01. The molecule has 7 heteroatoms. The Kier molecular flexibility index (Phi) is 3.02. The second-order valence-corrected chi connectivity index (χ2v) is 7.32. The number of imidazole rings is 1. The van der Waals surface area contributed by atoms with Gasteiger partial charge in [-0.15, -0.1) is 22.7 Å². The Morgan fingerprint density at radius 1 is 1.48 bits per heavy atom. The van der Waals surface area contributed by atoms with Crippen LogP contribution < -0.4 is 0 Å². The van der Waals surface area contributed by atoms with Crippen LogP contribution in [-0.2, 0) is 4.74 Å². The van der Waals surface area contributed by atoms with Crippen molar-refractivity contribution in [3.63, 3.8) is 0 Å². The number of hydrogen-bond acceptors (Lipinski definition) is 5. The Morgan fingerprint density at radius 3 is 3.19 bits per heavy atom. The lowest BCUT2D eigenvalue weighted by Crippen LogP contribution is -2.50. The van der Waals surface area contributed by atoms with Gasteiger partial charge in [-0.05, 0) is 19.9 Å². The van der Waals surface area contributed by atoms with Crippen molar-refractivity contribution in [3.05, 3.63) is 22.5 Å². The van der Waals surface area contributed by atoms with Crippen LogP contribution in [0.3, 0.4) is 0 Å². The lowest BCUT2D eigenvalue weighted by atomic mass is 10.2. The zero-order chi connectivity index (χ0) is 14.6. The molecule has 0 N–H and O–H groups in total. The Bertz CT molecular complexity index is 819. The molecular formula is C14H15N3O2S2. The van der Waals surface area contributed by atoms with Crippen LogP contribution >= 0.6 is 22.7 Å². The normalized spacial score (nSPS) is 23.2. The Morgan fingerprint density at radius 2 is 2.33 bits per heavy atom. The van der Waals surface area contributed by atoms with Crippen molar-refractivity contribution >= 4 is 43.9 Å². The minimum Gasteiger partial charge on any atom is -0.375 e. The molecule has 1 aliphatic heterocycles. The fourth-order valence-electron chi connectivity index (χ4n) is 2.68. The van der Waals surface area contributed by atoms with Crippen LogP contribution in [-0.4, -0.2) is 45.5 Å². The van der Waals surface area contributed by atoms with E-state index in [2.05, 4.69) is 4.98 Å². The number of nitrogens with zero attached hydrogens (tertiary/aromatic N) is 3. The number of thiazole rings is 1. The van der Waals surface area contributed by atoms with Crippen LogP contribution in [0.15, 0.2) is 17.6 Å². The predicted molar refractivity (Wildman–Crippen MR) is 84.4 cm³/mol. The van der Waals surface area contributed by atoms with Gasteiger partial charge in [0.25, 0.3) is 5.91 Å². The maximum atomic E-state index is 12.7. The maximum Gasteiger partial charge on any atom is 0.264 e. The number of amides is 1. The molecule has 2 unspecified atom stereocenters. The third kappa shape index (κ3) is 2.07. The van der Waals surface area contributed by atoms with E-state index < -0.39 is 0 Å². The van der Waals surface area contributed by atoms with Crippen molar-refractivity contribution in [2.24, 2.45) is 0 Å². The van der Waals surface area contributed by atoms with Gasteiger partial charge in [-0.25, -0.2) is 4.98 Å². The van der Waals surface area contributed by atoms with E-state index in [1.807, 2.05) is 40.8 Å². The first-order valence-corrected chi connectivity index (χ1v) is 8.61. The number of thiophene rings is 1. The van der Waals surface area contributed by atoms with E-state index in [0.717, 1.165) is 20.2 Å². The lowest BCUT2D eigenvalue weighted by Gasteiger charge is -2.36. The zero-order valence-electron chi connectivity index (χ0n) is 11.8. The quantitative estimate of drug-likeness (QED) is 0.692. The van der Waals surface area contributed by atoms with Crippen molar-refractivity contribution in [2.45, 2.75) is 26.0 Å². The van der Waals surface area contributed by atoms with Gasteiger partial charge < -0.3 is 9.64 Å². The van der Waals surface area contributed by atoms with Crippen LogP contribution in [0.25, 0.3) is 15.3 Å². The predicted octanol–water partition coefficient (Wildman–Crippen LogP) is 2.86. The summed E-state index contributed by atoms with van der Waals surface area (Å²) in [6.07, 6.45) is 2.09. The van der Waals surface area contributed by atoms with E-state index in [1.54, 1.807) is 11.3 Å². The van der Waals surface area contributed by atoms with Crippen molar-refractivity contribution in [1.29, 1.82) is 0 Å². The molecule has 0 radical (unpaired) electrons. The molecule has 0 aromatic carbocycles. The third-order valence-electron chi connectivity index (χ3n) is 3.82. The molecule has 21 heavy (non-hydrogen) atoms. The summed E-state index contributed by atoms with van der Waals surface area (Å²) in [6, 6.07) is 2.08. The van der Waals surface area contributed by atoms with E-state index in [0.29, 0.717) is 13.2 Å². The summed E-state index contributed by atoms with van der Waals surface area (Å²) in [4.78, 5) is 21.9. The number of fused-ring (bicyclic) bond motifs is 3. The van der Waals surface area contributed by atoms with Crippen molar-refractivity contribution in [3.8, 4) is 0 Å². The standard InChI is InChI=1S/C14H15N3O2S2/c1-8-7-19-9(2)6-17(8)13(18)11-5-10-12(21-11)15-14-16(10)3-4-20-14/h3-5,8-9H,6-7H2,1-2H3. The van der Waals surface area contributed by atoms with Crippen LogP contribution in [0.5, 0.6) is 0 Å². The largest absolute Gasteiger partial charge is 0.375 e. The fraction of sp³-hybridized carbons (Fsp3) is 0.429. The molecule has 3 aromatic heterocycles. The van der Waals surface area contributed by atoms with E-state index in [-0.39, 0.29) is 18.1 Å². The van der Waals surface area contributed by atoms with Crippen molar-refractivity contribution in [2.75, 3.05) is 13.2 Å². The average molecular weight is 321 g/mol. The molecule has 1 amide bonds. The molecule has 0 aliphatic carbocycles. The molecular weight excluding hydrogens is 306 g/mol. The molecule has 2 atom stereocenters. The number of carbonyl (C=O) groups is 1. The summed E-state index contributed by atoms with van der Waals surface area (Å²) >= 11 is 3.08. The molecule has 4 heterocycles. The highest BCUT2D eigenvalue weighted by atomic mass is 32.1. The number of carbonyl (C=O) groups excluding carboxylic acids is 1. The second kappa shape index (κ2) is 4.79. The van der Waals surface area contributed by atoms with Crippen LogP contribution in [0, 0.1) is 0 Å². The van der Waals surface area contributed by atoms with Gasteiger partial charge in [0.05, 0.1) is 29.1 Å². The second-order valence-electron chi connectivity index (χ2n) is 5.42. The Hall–Kier alpha value is -1.44. The summed E-state index contributed by atoms with van der Waals surface area (Å²) in [5.41, 5.74) is 1.02. The fourth-order valence-corrected chi connectivity index (χ4v) is 4.44. The van der Waals surface area contributed by atoms with E-state index in [4.69, 9.17) is 4.74 Å². The molecule has 0 bridgehead atoms. The number of ether oxygens (including phenoxy) is 1. The van der Waals surface area contributed by atoms with E-state index in [9.17, 15) is 4.79 Å². The van der Waals surface area contributed by atoms with E-state index in [1.165, 1.54) is 11.3 Å². The number of aromatic nitrogens is 2. The van der Waals surface area contributed by atoms with Gasteiger partial charge in [0.2, 0.25) is 0 Å². The van der Waals surface area contributed by atoms with Gasteiger partial charge in [0.1, 0.15) is 4.83 Å². The van der Waals surface area contributed by atoms with Crippen molar-refractivity contribution < 1.29 is 9.53 Å². The molecule has 1 aliphatic rings. The SMILES string of the molecule is CC1CN(C(=O)c2cc3c(nc4sccn43)s2)C(C)CO1. The van der Waals surface area contributed by atoms with Gasteiger partial charge >= 0.3 is 0 Å². The van der Waals surface area contributed by atoms with Crippen LogP contribution in [0.2, 0.25) is 0 Å². The first-order valence-electron chi connectivity index (χ1n) is 6.91. The zero-order valence-corrected chi connectivity index (χ0v) is 13.4. The summed E-state index contributed by atoms with van der Waals surface area (Å²) in [6.45, 7) is 5.28. The molecule has 110 valence electrons. The van der Waals surface area contributed by atoms with Gasteiger partial charge in [-0.3, -0.25) is 9.20 Å². The van der Waals surface area contributed by atoms with Gasteiger partial charge in [0, 0.05) is 18.1 Å². The molecule has 4 rings (SSSR count). The highest BCUT2D eigenvalue weighted by Gasteiger charge is 2.29. The minimum atomic E-state index is 0.0876. The molecule has 3 aromatic rings. The first-order chi connectivity index (χ1) is 10.1. The molecule has 1 saturated heterocycles. The lowest BCUT2D eigenvalue weighted by molar-refractivity contribution is -0.0385. The highest BCUT2D eigenvalue weighted by Crippen LogP contribution is 2.29. The Balaban J connectivity index is 1.71. The highest BCUT2D eigenvalue weighted by molar-refractivity contribution is 7.21. The monoisotopic (exact) mass is 321 g/mol. The number of rotatable bonds is 1. The smallest absolute Gasteiger partial charge is 0.264 e. The molecule has 1 fully saturated rings. The van der Waals surface area contributed by atoms with Crippen LogP contribution in [0.4, 0.5) is 0 Å². The molecule has 0 spiro atoms. The summed E-state index contributed by atoms with van der Waals surface area (Å²) in [7, 11) is 0. The topological polar surface area (TPSA) is 46.8 Å². The molecule has 0 saturated carbocycles. The Labute approximate surface area is 129 Å².